The van der Waals surface area contributed by atoms with Gasteiger partial charge in [-0.3, -0.25) is 9.59 Å². The van der Waals surface area contributed by atoms with E-state index < -0.39 is 12.1 Å². The summed E-state index contributed by atoms with van der Waals surface area (Å²) in [6.07, 6.45) is -0.844. The van der Waals surface area contributed by atoms with Gasteiger partial charge in [-0.25, -0.2) is 0 Å². The number of nitrogens with one attached hydrogen (secondary N) is 1. The minimum atomic E-state index is -0.901. The molecule has 0 radical (unpaired) electrons. The van der Waals surface area contributed by atoms with Crippen molar-refractivity contribution in [3.63, 3.8) is 0 Å². The number of esters is 1. The normalized spacial score (nSPS) is 11.3. The molecule has 2 aromatic carbocycles. The summed E-state index contributed by atoms with van der Waals surface area (Å²) in [5.74, 6) is 1.00. The highest BCUT2D eigenvalue weighted by atomic mass is 16.6. The van der Waals surface area contributed by atoms with Crippen LogP contribution >= 0.6 is 0 Å². The highest BCUT2D eigenvalue weighted by Crippen LogP contribution is 2.27. The SMILES string of the molecule is COc1ccc(CNC(=O)[C@H](C)OC(=O)CCOc2cccc(C)c2)cc1OC. The highest BCUT2D eigenvalue weighted by molar-refractivity contribution is 5.83. The Morgan fingerprint density at radius 1 is 1.03 bits per heavy atom. The van der Waals surface area contributed by atoms with E-state index in [4.69, 9.17) is 18.9 Å². The van der Waals surface area contributed by atoms with Crippen LogP contribution in [-0.2, 0) is 20.9 Å². The first kappa shape index (κ1) is 22.1. The van der Waals surface area contributed by atoms with Crippen LogP contribution in [0.4, 0.5) is 0 Å². The Morgan fingerprint density at radius 3 is 2.48 bits per heavy atom. The molecule has 1 atom stereocenters. The van der Waals surface area contributed by atoms with Crippen LogP contribution in [0.15, 0.2) is 42.5 Å². The molecule has 7 heteroatoms. The van der Waals surface area contributed by atoms with E-state index in [-0.39, 0.29) is 25.5 Å². The van der Waals surface area contributed by atoms with Gasteiger partial charge in [-0.2, -0.15) is 0 Å². The number of aryl methyl sites for hydroxylation is 1. The van der Waals surface area contributed by atoms with Gasteiger partial charge in [0.15, 0.2) is 17.6 Å². The summed E-state index contributed by atoms with van der Waals surface area (Å²) < 4.78 is 21.1. The minimum Gasteiger partial charge on any atom is -0.493 e. The Bertz CT molecular complexity index is 836. The molecule has 0 unspecified atom stereocenters. The van der Waals surface area contributed by atoms with Gasteiger partial charge in [0.2, 0.25) is 0 Å². The zero-order chi connectivity index (χ0) is 21.2. The van der Waals surface area contributed by atoms with Gasteiger partial charge in [-0.1, -0.05) is 18.2 Å². The van der Waals surface area contributed by atoms with E-state index in [2.05, 4.69) is 5.32 Å². The van der Waals surface area contributed by atoms with Crippen LogP contribution in [0.1, 0.15) is 24.5 Å². The molecule has 2 rings (SSSR count). The average molecular weight is 401 g/mol. The van der Waals surface area contributed by atoms with Crippen LogP contribution in [0.25, 0.3) is 0 Å². The summed E-state index contributed by atoms with van der Waals surface area (Å²) in [5.41, 5.74) is 1.91. The number of hydrogen-bond acceptors (Lipinski definition) is 6. The lowest BCUT2D eigenvalue weighted by molar-refractivity contribution is -0.155. The van der Waals surface area contributed by atoms with Gasteiger partial charge in [0.05, 0.1) is 27.2 Å². The Kier molecular flexibility index (Phi) is 8.33. The van der Waals surface area contributed by atoms with E-state index >= 15 is 0 Å². The molecule has 0 fully saturated rings. The summed E-state index contributed by atoms with van der Waals surface area (Å²) in [7, 11) is 3.10. The zero-order valence-electron chi connectivity index (χ0n) is 17.2. The van der Waals surface area contributed by atoms with E-state index in [1.807, 2.05) is 37.3 Å². The second-order valence-electron chi connectivity index (χ2n) is 6.45. The van der Waals surface area contributed by atoms with Gasteiger partial charge in [-0.15, -0.1) is 0 Å². The van der Waals surface area contributed by atoms with Gasteiger partial charge in [0.25, 0.3) is 5.91 Å². The lowest BCUT2D eigenvalue weighted by Crippen LogP contribution is -2.35. The van der Waals surface area contributed by atoms with Crippen LogP contribution in [-0.4, -0.2) is 38.8 Å². The molecule has 0 aliphatic rings. The maximum atomic E-state index is 12.2. The van der Waals surface area contributed by atoms with Crippen LogP contribution in [0, 0.1) is 6.92 Å². The van der Waals surface area contributed by atoms with Crippen molar-refractivity contribution in [2.45, 2.75) is 32.9 Å². The van der Waals surface area contributed by atoms with Crippen LogP contribution in [0.2, 0.25) is 0 Å². The molecular formula is C22H27NO6. The topological polar surface area (TPSA) is 83.1 Å². The van der Waals surface area contributed by atoms with Crippen molar-refractivity contribution in [1.82, 2.24) is 5.32 Å². The van der Waals surface area contributed by atoms with Gasteiger partial charge in [0, 0.05) is 6.54 Å². The second-order valence-corrected chi connectivity index (χ2v) is 6.45. The van der Waals surface area contributed by atoms with E-state index in [0.717, 1.165) is 11.1 Å². The van der Waals surface area contributed by atoms with Gasteiger partial charge in [-0.05, 0) is 49.2 Å². The van der Waals surface area contributed by atoms with Crippen molar-refractivity contribution < 1.29 is 28.5 Å². The van der Waals surface area contributed by atoms with Crippen molar-refractivity contribution in [2.75, 3.05) is 20.8 Å². The quantitative estimate of drug-likeness (QED) is 0.616. The molecule has 2 aromatic rings. The number of amides is 1. The van der Waals surface area contributed by atoms with Crippen LogP contribution in [0.3, 0.4) is 0 Å². The fourth-order valence-electron chi connectivity index (χ4n) is 2.59. The van der Waals surface area contributed by atoms with Crippen LogP contribution in [0.5, 0.6) is 17.2 Å². The lowest BCUT2D eigenvalue weighted by Gasteiger charge is -2.14. The van der Waals surface area contributed by atoms with E-state index in [0.29, 0.717) is 17.2 Å². The maximum absolute atomic E-state index is 12.2. The Hall–Kier alpha value is -3.22. The molecule has 0 aromatic heterocycles. The number of hydrogen-bond donors (Lipinski definition) is 1. The molecule has 0 aliphatic heterocycles. The van der Waals surface area contributed by atoms with E-state index in [9.17, 15) is 9.59 Å². The largest absolute Gasteiger partial charge is 0.493 e. The summed E-state index contributed by atoms with van der Waals surface area (Å²) >= 11 is 0. The van der Waals surface area contributed by atoms with E-state index in [1.165, 1.54) is 6.92 Å². The third-order valence-electron chi connectivity index (χ3n) is 4.16. The molecule has 0 spiro atoms. The first-order valence-electron chi connectivity index (χ1n) is 9.30. The molecule has 7 nitrogen and oxygen atoms in total. The molecule has 1 amide bonds. The number of benzene rings is 2. The summed E-state index contributed by atoms with van der Waals surface area (Å²) in [4.78, 5) is 24.1. The van der Waals surface area contributed by atoms with Crippen molar-refractivity contribution in [2.24, 2.45) is 0 Å². The number of rotatable bonds is 10. The van der Waals surface area contributed by atoms with E-state index in [1.54, 1.807) is 26.4 Å². The molecule has 29 heavy (non-hydrogen) atoms. The molecule has 156 valence electrons. The van der Waals surface area contributed by atoms with Crippen molar-refractivity contribution >= 4 is 11.9 Å². The number of carbonyl (C=O) groups excluding carboxylic acids is 2. The smallest absolute Gasteiger partial charge is 0.310 e. The molecule has 0 saturated carbocycles. The van der Waals surface area contributed by atoms with Crippen molar-refractivity contribution in [1.29, 1.82) is 0 Å². The summed E-state index contributed by atoms with van der Waals surface area (Å²) in [6, 6.07) is 12.9. The Morgan fingerprint density at radius 2 is 1.79 bits per heavy atom. The van der Waals surface area contributed by atoms with Crippen LogP contribution < -0.4 is 19.5 Å². The Balaban J connectivity index is 1.74. The predicted molar refractivity (Wildman–Crippen MR) is 108 cm³/mol. The third-order valence-corrected chi connectivity index (χ3v) is 4.16. The van der Waals surface area contributed by atoms with Gasteiger partial charge < -0.3 is 24.3 Å². The highest BCUT2D eigenvalue weighted by Gasteiger charge is 2.17. The number of carbonyl (C=O) groups is 2. The first-order chi connectivity index (χ1) is 13.9. The monoisotopic (exact) mass is 401 g/mol. The standard InChI is InChI=1S/C22H27NO6/c1-15-6-5-7-18(12-15)28-11-10-21(24)29-16(2)22(25)23-14-17-8-9-19(26-3)20(13-17)27-4/h5-9,12-13,16H,10-11,14H2,1-4H3,(H,23,25)/t16-/m0/s1. The van der Waals surface area contributed by atoms with Crippen molar-refractivity contribution in [3.05, 3.63) is 53.6 Å². The first-order valence-corrected chi connectivity index (χ1v) is 9.30. The zero-order valence-corrected chi connectivity index (χ0v) is 17.2. The van der Waals surface area contributed by atoms with Gasteiger partial charge >= 0.3 is 5.97 Å². The maximum Gasteiger partial charge on any atom is 0.310 e. The molecule has 0 bridgehead atoms. The predicted octanol–water partition coefficient (Wildman–Crippen LogP) is 3.03. The molecule has 1 N–H and O–H groups in total. The Labute approximate surface area is 170 Å². The number of ether oxygens (including phenoxy) is 4. The summed E-state index contributed by atoms with van der Waals surface area (Å²) in [5, 5.41) is 2.74. The summed E-state index contributed by atoms with van der Waals surface area (Å²) in [6.45, 7) is 3.95. The third kappa shape index (κ3) is 7.03. The molecule has 0 saturated heterocycles. The minimum absolute atomic E-state index is 0.0568. The fraction of sp³-hybridized carbons (Fsp3) is 0.364. The molecule has 0 heterocycles. The second kappa shape index (κ2) is 10.9. The average Bonchev–Trinajstić information content (AvgIpc) is 2.71. The van der Waals surface area contributed by atoms with Crippen molar-refractivity contribution in [3.8, 4) is 17.2 Å². The number of methoxy groups -OCH3 is 2. The van der Waals surface area contributed by atoms with Gasteiger partial charge in [0.1, 0.15) is 5.75 Å². The molecular weight excluding hydrogens is 374 g/mol. The fourth-order valence-corrected chi connectivity index (χ4v) is 2.59. The molecule has 0 aliphatic carbocycles. The lowest BCUT2D eigenvalue weighted by atomic mass is 10.2.